The number of rotatable bonds is 6. The first-order valence-electron chi connectivity index (χ1n) is 7.79. The molecule has 0 aromatic heterocycles. The Hall–Kier alpha value is -1.55. The van der Waals surface area contributed by atoms with E-state index in [9.17, 15) is 4.79 Å². The van der Waals surface area contributed by atoms with Crippen LogP contribution in [0.15, 0.2) is 12.1 Å². The molecule has 0 fully saturated rings. The zero-order chi connectivity index (χ0) is 16.9. The molecule has 4 nitrogen and oxygen atoms in total. The van der Waals surface area contributed by atoms with Crippen molar-refractivity contribution < 1.29 is 9.53 Å². The molecule has 0 unspecified atom stereocenters. The average molecular weight is 306 g/mol. The average Bonchev–Trinajstić information content (AvgIpc) is 2.41. The van der Waals surface area contributed by atoms with Gasteiger partial charge in [0, 0.05) is 17.7 Å². The smallest absolute Gasteiger partial charge is 0.251 e. The number of benzene rings is 1. The van der Waals surface area contributed by atoms with E-state index < -0.39 is 0 Å². The summed E-state index contributed by atoms with van der Waals surface area (Å²) in [4.78, 5) is 14.5. The predicted octanol–water partition coefficient (Wildman–Crippen LogP) is 2.98. The van der Waals surface area contributed by atoms with Gasteiger partial charge in [0.15, 0.2) is 0 Å². The van der Waals surface area contributed by atoms with Gasteiger partial charge in [-0.05, 0) is 57.1 Å². The van der Waals surface area contributed by atoms with E-state index in [0.717, 1.165) is 35.4 Å². The van der Waals surface area contributed by atoms with Crippen LogP contribution in [0.5, 0.6) is 5.75 Å². The molecule has 124 valence electrons. The van der Waals surface area contributed by atoms with Gasteiger partial charge in [0.25, 0.3) is 5.91 Å². The van der Waals surface area contributed by atoms with Crippen LogP contribution in [0.1, 0.15) is 48.7 Å². The van der Waals surface area contributed by atoms with Gasteiger partial charge < -0.3 is 15.0 Å². The zero-order valence-corrected chi connectivity index (χ0v) is 15.0. The van der Waals surface area contributed by atoms with E-state index >= 15 is 0 Å². The van der Waals surface area contributed by atoms with Crippen LogP contribution in [0.4, 0.5) is 0 Å². The third-order valence-electron chi connectivity index (χ3n) is 3.67. The number of nitrogens with zero attached hydrogens (tertiary/aromatic N) is 1. The lowest BCUT2D eigenvalue weighted by molar-refractivity contribution is 0.0951. The summed E-state index contributed by atoms with van der Waals surface area (Å²) < 4.78 is 5.48. The molecule has 1 amide bonds. The third-order valence-corrected chi connectivity index (χ3v) is 3.67. The van der Waals surface area contributed by atoms with Crippen molar-refractivity contribution in [3.05, 3.63) is 28.8 Å². The maximum Gasteiger partial charge on any atom is 0.251 e. The molecule has 0 saturated heterocycles. The molecular weight excluding hydrogens is 276 g/mol. The quantitative estimate of drug-likeness (QED) is 0.822. The van der Waals surface area contributed by atoms with Crippen LogP contribution >= 0.6 is 0 Å². The molecule has 0 bridgehead atoms. The van der Waals surface area contributed by atoms with Gasteiger partial charge in [0.1, 0.15) is 5.75 Å². The van der Waals surface area contributed by atoms with Crippen LogP contribution in [0.3, 0.4) is 0 Å². The highest BCUT2D eigenvalue weighted by atomic mass is 16.5. The van der Waals surface area contributed by atoms with Gasteiger partial charge in [0.2, 0.25) is 0 Å². The number of carbonyl (C=O) groups excluding carboxylic acids is 1. The van der Waals surface area contributed by atoms with Crippen molar-refractivity contribution in [2.24, 2.45) is 0 Å². The molecule has 0 aliphatic heterocycles. The fourth-order valence-corrected chi connectivity index (χ4v) is 2.37. The SMILES string of the molecule is COc1cc(C)c(C(=O)NCCCN(C)C)cc1C(C)(C)C. The van der Waals surface area contributed by atoms with Gasteiger partial charge in [-0.2, -0.15) is 0 Å². The number of amides is 1. The Morgan fingerprint density at radius 3 is 2.41 bits per heavy atom. The summed E-state index contributed by atoms with van der Waals surface area (Å²) >= 11 is 0. The first kappa shape index (κ1) is 18.5. The molecule has 22 heavy (non-hydrogen) atoms. The number of aryl methyl sites for hydroxylation is 1. The summed E-state index contributed by atoms with van der Waals surface area (Å²) in [5.74, 6) is 0.832. The molecule has 1 aromatic carbocycles. The fraction of sp³-hybridized carbons (Fsp3) is 0.611. The van der Waals surface area contributed by atoms with E-state index in [1.807, 2.05) is 33.2 Å². The minimum absolute atomic E-state index is 0.00981. The Bertz CT molecular complexity index is 517. The second-order valence-corrected chi connectivity index (χ2v) is 7.03. The van der Waals surface area contributed by atoms with Crippen molar-refractivity contribution in [2.45, 2.75) is 39.5 Å². The second-order valence-electron chi connectivity index (χ2n) is 7.03. The summed E-state index contributed by atoms with van der Waals surface area (Å²) in [5, 5.41) is 3.00. The number of nitrogens with one attached hydrogen (secondary N) is 1. The van der Waals surface area contributed by atoms with Crippen LogP contribution in [-0.4, -0.2) is 45.1 Å². The normalized spacial score (nSPS) is 11.6. The highest BCUT2D eigenvalue weighted by molar-refractivity contribution is 5.96. The molecule has 4 heteroatoms. The van der Waals surface area contributed by atoms with Crippen molar-refractivity contribution >= 4 is 5.91 Å². The monoisotopic (exact) mass is 306 g/mol. The van der Waals surface area contributed by atoms with Gasteiger partial charge in [0.05, 0.1) is 7.11 Å². The highest BCUT2D eigenvalue weighted by Crippen LogP contribution is 2.33. The van der Waals surface area contributed by atoms with E-state index in [1.54, 1.807) is 7.11 Å². The topological polar surface area (TPSA) is 41.6 Å². The fourth-order valence-electron chi connectivity index (χ4n) is 2.37. The molecule has 0 heterocycles. The molecule has 0 saturated carbocycles. The maximum atomic E-state index is 12.4. The molecule has 1 N–H and O–H groups in total. The van der Waals surface area contributed by atoms with Crippen LogP contribution in [0.25, 0.3) is 0 Å². The third kappa shape index (κ3) is 5.02. The van der Waals surface area contributed by atoms with Crippen molar-refractivity contribution in [3.63, 3.8) is 0 Å². The van der Waals surface area contributed by atoms with E-state index in [4.69, 9.17) is 4.74 Å². The van der Waals surface area contributed by atoms with E-state index in [2.05, 4.69) is 31.0 Å². The number of methoxy groups -OCH3 is 1. The van der Waals surface area contributed by atoms with Crippen molar-refractivity contribution in [2.75, 3.05) is 34.3 Å². The molecule has 0 atom stereocenters. The van der Waals surface area contributed by atoms with Gasteiger partial charge in [-0.1, -0.05) is 20.8 Å². The van der Waals surface area contributed by atoms with Crippen LogP contribution in [0.2, 0.25) is 0 Å². The highest BCUT2D eigenvalue weighted by Gasteiger charge is 2.22. The first-order chi connectivity index (χ1) is 10.2. The van der Waals surface area contributed by atoms with E-state index in [-0.39, 0.29) is 11.3 Å². The number of carbonyl (C=O) groups is 1. The summed E-state index contributed by atoms with van der Waals surface area (Å²) in [5.41, 5.74) is 2.66. The van der Waals surface area contributed by atoms with Crippen molar-refractivity contribution in [1.29, 1.82) is 0 Å². The maximum absolute atomic E-state index is 12.4. The minimum Gasteiger partial charge on any atom is -0.496 e. The van der Waals surface area contributed by atoms with E-state index in [0.29, 0.717) is 6.54 Å². The molecule has 0 aliphatic carbocycles. The number of ether oxygens (including phenoxy) is 1. The van der Waals surface area contributed by atoms with Gasteiger partial charge >= 0.3 is 0 Å². The van der Waals surface area contributed by atoms with Crippen LogP contribution < -0.4 is 10.1 Å². The Kier molecular flexibility index (Phi) is 6.42. The lowest BCUT2D eigenvalue weighted by Gasteiger charge is -2.24. The van der Waals surface area contributed by atoms with Gasteiger partial charge in [-0.25, -0.2) is 0 Å². The molecule has 1 rings (SSSR count). The number of hydrogen-bond donors (Lipinski definition) is 1. The Morgan fingerprint density at radius 1 is 1.27 bits per heavy atom. The van der Waals surface area contributed by atoms with E-state index in [1.165, 1.54) is 0 Å². The summed E-state index contributed by atoms with van der Waals surface area (Å²) in [6.45, 7) is 9.98. The standard InChI is InChI=1S/C18H30N2O2/c1-13-11-16(22-7)15(18(2,3)4)12-14(13)17(21)19-9-8-10-20(5)6/h11-12H,8-10H2,1-7H3,(H,19,21). The molecular formula is C18H30N2O2. The molecule has 0 radical (unpaired) electrons. The largest absolute Gasteiger partial charge is 0.496 e. The molecule has 0 aliphatic rings. The van der Waals surface area contributed by atoms with Crippen molar-refractivity contribution in [1.82, 2.24) is 10.2 Å². The lowest BCUT2D eigenvalue weighted by Crippen LogP contribution is -2.28. The lowest BCUT2D eigenvalue weighted by atomic mass is 9.84. The number of hydrogen-bond acceptors (Lipinski definition) is 3. The van der Waals surface area contributed by atoms with Crippen LogP contribution in [-0.2, 0) is 5.41 Å². The molecule has 1 aromatic rings. The minimum atomic E-state index is -0.0704. The Balaban J connectivity index is 2.92. The summed E-state index contributed by atoms with van der Waals surface area (Å²) in [7, 11) is 5.74. The molecule has 0 spiro atoms. The van der Waals surface area contributed by atoms with Gasteiger partial charge in [-0.15, -0.1) is 0 Å². The van der Waals surface area contributed by atoms with Gasteiger partial charge in [-0.3, -0.25) is 4.79 Å². The summed E-state index contributed by atoms with van der Waals surface area (Å²) in [6.07, 6.45) is 0.945. The first-order valence-corrected chi connectivity index (χ1v) is 7.79. The second kappa shape index (κ2) is 7.63. The Morgan fingerprint density at radius 2 is 1.91 bits per heavy atom. The predicted molar refractivity (Wildman–Crippen MR) is 91.9 cm³/mol. The zero-order valence-electron chi connectivity index (χ0n) is 15.0. The summed E-state index contributed by atoms with van der Waals surface area (Å²) in [6, 6.07) is 3.92. The van der Waals surface area contributed by atoms with Crippen LogP contribution in [0, 0.1) is 6.92 Å². The Labute approximate surface area is 134 Å². The van der Waals surface area contributed by atoms with Crippen molar-refractivity contribution in [3.8, 4) is 5.75 Å².